The zero-order valence-electron chi connectivity index (χ0n) is 14.9. The molecule has 0 aliphatic carbocycles. The second-order valence-electron chi connectivity index (χ2n) is 6.75. The minimum atomic E-state index is -0.816. The van der Waals surface area contributed by atoms with Gasteiger partial charge in [0, 0.05) is 25.9 Å². The number of hydrogen-bond acceptors (Lipinski definition) is 3. The van der Waals surface area contributed by atoms with E-state index in [0.29, 0.717) is 19.4 Å². The van der Waals surface area contributed by atoms with Gasteiger partial charge in [0.2, 0.25) is 5.91 Å². The Morgan fingerprint density at radius 2 is 1.88 bits per heavy atom. The molecule has 1 aromatic carbocycles. The van der Waals surface area contributed by atoms with Crippen molar-refractivity contribution in [2.75, 3.05) is 6.54 Å². The van der Waals surface area contributed by atoms with Crippen LogP contribution in [0.15, 0.2) is 36.4 Å². The first-order valence-electron chi connectivity index (χ1n) is 9.21. The molecule has 2 heterocycles. The van der Waals surface area contributed by atoms with E-state index in [0.717, 1.165) is 43.7 Å². The number of aryl methyl sites for hydroxylation is 3. The van der Waals surface area contributed by atoms with Crippen molar-refractivity contribution in [3.8, 4) is 0 Å². The molecule has 0 saturated heterocycles. The molecular formula is C20H25N3O3. The molecule has 0 atom stereocenters. The quantitative estimate of drug-likeness (QED) is 0.828. The molecule has 6 heteroatoms. The minimum absolute atomic E-state index is 0.0819. The fraction of sp³-hybridized carbons (Fsp3) is 0.450. The highest BCUT2D eigenvalue weighted by atomic mass is 16.4. The SMILES string of the molecule is O=C(O)CCc1cc2n(n1)CCCN(C(=O)CCCc1ccccc1)C2. The highest BCUT2D eigenvalue weighted by Gasteiger charge is 2.20. The van der Waals surface area contributed by atoms with Crippen LogP contribution in [0.2, 0.25) is 0 Å². The van der Waals surface area contributed by atoms with Crippen LogP contribution < -0.4 is 0 Å². The molecule has 0 radical (unpaired) electrons. The maximum Gasteiger partial charge on any atom is 0.303 e. The smallest absolute Gasteiger partial charge is 0.303 e. The van der Waals surface area contributed by atoms with E-state index in [1.165, 1.54) is 5.56 Å². The largest absolute Gasteiger partial charge is 0.481 e. The van der Waals surface area contributed by atoms with Crippen molar-refractivity contribution in [2.24, 2.45) is 0 Å². The van der Waals surface area contributed by atoms with Crippen LogP contribution in [0.3, 0.4) is 0 Å². The van der Waals surface area contributed by atoms with E-state index in [1.807, 2.05) is 33.8 Å². The molecule has 1 N–H and O–H groups in total. The summed E-state index contributed by atoms with van der Waals surface area (Å²) < 4.78 is 1.93. The monoisotopic (exact) mass is 355 g/mol. The normalized spacial score (nSPS) is 13.9. The molecule has 1 aliphatic rings. The summed E-state index contributed by atoms with van der Waals surface area (Å²) in [4.78, 5) is 25.2. The molecule has 1 amide bonds. The molecule has 26 heavy (non-hydrogen) atoms. The number of carboxylic acids is 1. The van der Waals surface area contributed by atoms with Crippen LogP contribution in [0.4, 0.5) is 0 Å². The van der Waals surface area contributed by atoms with E-state index in [2.05, 4.69) is 17.2 Å². The van der Waals surface area contributed by atoms with Crippen molar-refractivity contribution < 1.29 is 14.7 Å². The number of aromatic nitrogens is 2. The van der Waals surface area contributed by atoms with E-state index in [-0.39, 0.29) is 12.3 Å². The minimum Gasteiger partial charge on any atom is -0.481 e. The van der Waals surface area contributed by atoms with Gasteiger partial charge in [-0.15, -0.1) is 0 Å². The lowest BCUT2D eigenvalue weighted by molar-refractivity contribution is -0.137. The van der Waals surface area contributed by atoms with E-state index >= 15 is 0 Å². The van der Waals surface area contributed by atoms with Crippen LogP contribution >= 0.6 is 0 Å². The molecule has 1 aromatic heterocycles. The van der Waals surface area contributed by atoms with Crippen molar-refractivity contribution in [2.45, 2.75) is 51.6 Å². The molecule has 0 unspecified atom stereocenters. The highest BCUT2D eigenvalue weighted by Crippen LogP contribution is 2.16. The lowest BCUT2D eigenvalue weighted by Gasteiger charge is -2.20. The van der Waals surface area contributed by atoms with Gasteiger partial charge in [-0.25, -0.2) is 0 Å². The Morgan fingerprint density at radius 3 is 2.65 bits per heavy atom. The summed E-state index contributed by atoms with van der Waals surface area (Å²) in [5.41, 5.74) is 3.05. The average molecular weight is 355 g/mol. The van der Waals surface area contributed by atoms with Gasteiger partial charge in [0.15, 0.2) is 0 Å². The van der Waals surface area contributed by atoms with E-state index < -0.39 is 5.97 Å². The summed E-state index contributed by atoms with van der Waals surface area (Å²) >= 11 is 0. The predicted octanol–water partition coefficient (Wildman–Crippen LogP) is 2.66. The summed E-state index contributed by atoms with van der Waals surface area (Å²) in [5, 5.41) is 13.3. The average Bonchev–Trinajstić information content (AvgIpc) is 2.91. The first-order chi connectivity index (χ1) is 12.6. The molecule has 1 aliphatic heterocycles. The van der Waals surface area contributed by atoms with Gasteiger partial charge in [0.05, 0.1) is 24.4 Å². The van der Waals surface area contributed by atoms with Gasteiger partial charge >= 0.3 is 5.97 Å². The number of carboxylic acid groups (broad SMARTS) is 1. The van der Waals surface area contributed by atoms with Crippen LogP contribution in [0.1, 0.15) is 42.6 Å². The summed E-state index contributed by atoms with van der Waals surface area (Å²) in [7, 11) is 0. The van der Waals surface area contributed by atoms with Crippen LogP contribution in [0, 0.1) is 0 Å². The lowest BCUT2D eigenvalue weighted by Crippen LogP contribution is -2.30. The van der Waals surface area contributed by atoms with Crippen molar-refractivity contribution in [3.63, 3.8) is 0 Å². The summed E-state index contributed by atoms with van der Waals surface area (Å²) in [6, 6.07) is 12.2. The fourth-order valence-corrected chi connectivity index (χ4v) is 3.34. The topological polar surface area (TPSA) is 75.4 Å². The number of aliphatic carboxylic acids is 1. The third kappa shape index (κ3) is 4.94. The van der Waals surface area contributed by atoms with Crippen LogP contribution in [0.25, 0.3) is 0 Å². The standard InChI is InChI=1S/C20H25N3O3/c24-19(9-4-8-16-6-2-1-3-7-16)22-12-5-13-23-18(15-22)14-17(21-23)10-11-20(25)26/h1-3,6-7,14H,4-5,8-13,15H2,(H,25,26). The zero-order valence-corrected chi connectivity index (χ0v) is 14.9. The molecule has 6 nitrogen and oxygen atoms in total. The Morgan fingerprint density at radius 1 is 1.08 bits per heavy atom. The summed E-state index contributed by atoms with van der Waals surface area (Å²) in [6.45, 7) is 2.08. The Kier molecular flexibility index (Phi) is 6.04. The van der Waals surface area contributed by atoms with Gasteiger partial charge in [0.1, 0.15) is 0 Å². The lowest BCUT2D eigenvalue weighted by atomic mass is 10.1. The predicted molar refractivity (Wildman–Crippen MR) is 97.6 cm³/mol. The Hall–Kier alpha value is -2.63. The van der Waals surface area contributed by atoms with Crippen molar-refractivity contribution in [1.82, 2.24) is 14.7 Å². The number of nitrogens with zero attached hydrogens (tertiary/aromatic N) is 3. The number of rotatable bonds is 7. The van der Waals surface area contributed by atoms with E-state index in [1.54, 1.807) is 0 Å². The van der Waals surface area contributed by atoms with Gasteiger partial charge < -0.3 is 10.0 Å². The van der Waals surface area contributed by atoms with Gasteiger partial charge in [-0.05, 0) is 30.9 Å². The maximum absolute atomic E-state index is 12.6. The highest BCUT2D eigenvalue weighted by molar-refractivity contribution is 5.76. The number of carbonyl (C=O) groups excluding carboxylic acids is 1. The summed E-state index contributed by atoms with van der Waals surface area (Å²) in [6.07, 6.45) is 3.70. The van der Waals surface area contributed by atoms with Gasteiger partial charge in [0.25, 0.3) is 0 Å². The molecule has 0 fully saturated rings. The van der Waals surface area contributed by atoms with Crippen LogP contribution in [-0.2, 0) is 35.5 Å². The van der Waals surface area contributed by atoms with Crippen molar-refractivity contribution >= 4 is 11.9 Å². The molecule has 138 valence electrons. The number of fused-ring (bicyclic) bond motifs is 1. The summed E-state index contributed by atoms with van der Waals surface area (Å²) in [5.74, 6) is -0.633. The number of amides is 1. The van der Waals surface area contributed by atoms with Gasteiger partial charge in [-0.2, -0.15) is 5.10 Å². The molecular weight excluding hydrogens is 330 g/mol. The van der Waals surface area contributed by atoms with Crippen molar-refractivity contribution in [1.29, 1.82) is 0 Å². The molecule has 3 rings (SSSR count). The number of hydrogen-bond donors (Lipinski definition) is 1. The second kappa shape index (κ2) is 8.65. The first kappa shape index (κ1) is 18.2. The maximum atomic E-state index is 12.6. The van der Waals surface area contributed by atoms with Gasteiger partial charge in [-0.3, -0.25) is 14.3 Å². The Balaban J connectivity index is 1.54. The van der Waals surface area contributed by atoms with E-state index in [4.69, 9.17) is 5.11 Å². The number of carbonyl (C=O) groups is 2. The van der Waals surface area contributed by atoms with E-state index in [9.17, 15) is 9.59 Å². The first-order valence-corrected chi connectivity index (χ1v) is 9.21. The molecule has 2 aromatic rings. The Bertz CT molecular complexity index is 755. The van der Waals surface area contributed by atoms with Crippen molar-refractivity contribution in [3.05, 3.63) is 53.3 Å². The third-order valence-corrected chi connectivity index (χ3v) is 4.71. The molecule has 0 bridgehead atoms. The Labute approximate surface area is 153 Å². The van der Waals surface area contributed by atoms with Crippen LogP contribution in [0.5, 0.6) is 0 Å². The molecule has 0 saturated carbocycles. The fourth-order valence-electron chi connectivity index (χ4n) is 3.34. The van der Waals surface area contributed by atoms with Crippen LogP contribution in [-0.4, -0.2) is 38.2 Å². The second-order valence-corrected chi connectivity index (χ2v) is 6.75. The number of benzene rings is 1. The molecule has 0 spiro atoms. The zero-order chi connectivity index (χ0) is 18.4. The third-order valence-electron chi connectivity index (χ3n) is 4.71. The van der Waals surface area contributed by atoms with Gasteiger partial charge in [-0.1, -0.05) is 30.3 Å².